The van der Waals surface area contributed by atoms with Crippen LogP contribution in [0.25, 0.3) is 0 Å². The minimum absolute atomic E-state index is 0.0233. The molecular weight excluding hydrogens is 263 g/mol. The largest absolute Gasteiger partial charge is 0.464 e. The van der Waals surface area contributed by atoms with Gasteiger partial charge in [-0.05, 0) is 17.7 Å². The van der Waals surface area contributed by atoms with Gasteiger partial charge in [0.2, 0.25) is 0 Å². The van der Waals surface area contributed by atoms with Gasteiger partial charge in [0, 0.05) is 6.20 Å². The second-order valence-electron chi connectivity index (χ2n) is 4.05. The molecule has 0 saturated carbocycles. The smallest absolute Gasteiger partial charge is 0.360 e. The molecule has 0 aliphatic rings. The van der Waals surface area contributed by atoms with Crippen molar-refractivity contribution in [2.24, 2.45) is 0 Å². The molecular formula is C13H11FN4O2. The molecule has 0 bridgehead atoms. The molecule has 7 heteroatoms. The number of aromatic nitrogens is 2. The van der Waals surface area contributed by atoms with Crippen LogP contribution in [0.1, 0.15) is 21.6 Å². The standard InChI is InChI=1S/C13H11FN4O2/c1-20-13(19)12-11(16)7-18(17-12)6-8-2-3-10(14)9(4-8)5-15/h2-4,7H,6,16H2,1H3. The van der Waals surface area contributed by atoms with E-state index in [-0.39, 0.29) is 23.5 Å². The van der Waals surface area contributed by atoms with Gasteiger partial charge in [-0.2, -0.15) is 10.4 Å². The average molecular weight is 274 g/mol. The van der Waals surface area contributed by atoms with Crippen molar-refractivity contribution in [3.8, 4) is 6.07 Å². The zero-order valence-corrected chi connectivity index (χ0v) is 10.6. The van der Waals surface area contributed by atoms with Crippen molar-refractivity contribution in [3.05, 3.63) is 47.0 Å². The number of nitrogen functional groups attached to an aromatic ring is 1. The Morgan fingerprint density at radius 1 is 1.60 bits per heavy atom. The predicted molar refractivity (Wildman–Crippen MR) is 68.2 cm³/mol. The third kappa shape index (κ3) is 2.59. The van der Waals surface area contributed by atoms with Gasteiger partial charge in [0.25, 0.3) is 0 Å². The zero-order chi connectivity index (χ0) is 14.7. The van der Waals surface area contributed by atoms with E-state index in [1.807, 2.05) is 0 Å². The van der Waals surface area contributed by atoms with Crippen molar-refractivity contribution in [1.82, 2.24) is 9.78 Å². The Kier molecular flexibility index (Phi) is 3.66. The van der Waals surface area contributed by atoms with Crippen LogP contribution in [0.5, 0.6) is 0 Å². The summed E-state index contributed by atoms with van der Waals surface area (Å²) in [6.07, 6.45) is 1.47. The van der Waals surface area contributed by atoms with E-state index in [9.17, 15) is 9.18 Å². The van der Waals surface area contributed by atoms with Crippen LogP contribution >= 0.6 is 0 Å². The minimum Gasteiger partial charge on any atom is -0.464 e. The number of carbonyl (C=O) groups is 1. The number of hydrogen-bond acceptors (Lipinski definition) is 5. The number of ether oxygens (including phenoxy) is 1. The molecule has 2 N–H and O–H groups in total. The summed E-state index contributed by atoms with van der Waals surface area (Å²) in [6.45, 7) is 0.260. The maximum absolute atomic E-state index is 13.2. The Labute approximate surface area is 114 Å². The lowest BCUT2D eigenvalue weighted by atomic mass is 10.1. The average Bonchev–Trinajstić information content (AvgIpc) is 2.80. The second kappa shape index (κ2) is 5.40. The van der Waals surface area contributed by atoms with Gasteiger partial charge >= 0.3 is 5.97 Å². The highest BCUT2D eigenvalue weighted by Crippen LogP contribution is 2.14. The van der Waals surface area contributed by atoms with E-state index in [1.165, 1.54) is 36.2 Å². The summed E-state index contributed by atoms with van der Waals surface area (Å²) in [7, 11) is 1.24. The number of nitrogens with two attached hydrogens (primary N) is 1. The molecule has 0 aliphatic carbocycles. The second-order valence-corrected chi connectivity index (χ2v) is 4.05. The van der Waals surface area contributed by atoms with Crippen LogP contribution < -0.4 is 5.73 Å². The fraction of sp³-hybridized carbons (Fsp3) is 0.154. The molecule has 1 aromatic carbocycles. The van der Waals surface area contributed by atoms with E-state index >= 15 is 0 Å². The van der Waals surface area contributed by atoms with Crippen LogP contribution in [0.3, 0.4) is 0 Å². The van der Waals surface area contributed by atoms with Crippen LogP contribution in [0, 0.1) is 17.1 Å². The van der Waals surface area contributed by atoms with E-state index in [0.717, 1.165) is 0 Å². The van der Waals surface area contributed by atoms with E-state index in [0.29, 0.717) is 5.56 Å². The normalized spacial score (nSPS) is 10.1. The molecule has 0 aliphatic heterocycles. The van der Waals surface area contributed by atoms with Gasteiger partial charge in [-0.15, -0.1) is 0 Å². The fourth-order valence-electron chi connectivity index (χ4n) is 1.72. The molecule has 20 heavy (non-hydrogen) atoms. The Hall–Kier alpha value is -2.88. The summed E-state index contributed by atoms with van der Waals surface area (Å²) in [5.41, 5.74) is 6.50. The lowest BCUT2D eigenvalue weighted by molar-refractivity contribution is 0.0594. The number of halogens is 1. The number of hydrogen-bond donors (Lipinski definition) is 1. The van der Waals surface area contributed by atoms with Crippen molar-refractivity contribution in [3.63, 3.8) is 0 Å². The van der Waals surface area contributed by atoms with Crippen molar-refractivity contribution in [2.45, 2.75) is 6.54 Å². The number of methoxy groups -OCH3 is 1. The Balaban J connectivity index is 2.27. The van der Waals surface area contributed by atoms with Gasteiger partial charge in [0.15, 0.2) is 5.69 Å². The number of anilines is 1. The Morgan fingerprint density at radius 3 is 3.00 bits per heavy atom. The van der Waals surface area contributed by atoms with Crippen LogP contribution in [0.15, 0.2) is 24.4 Å². The quantitative estimate of drug-likeness (QED) is 0.851. The van der Waals surface area contributed by atoms with Crippen LogP contribution in [-0.4, -0.2) is 22.9 Å². The number of nitrogens with zero attached hydrogens (tertiary/aromatic N) is 3. The first-order valence-corrected chi connectivity index (χ1v) is 5.65. The van der Waals surface area contributed by atoms with Gasteiger partial charge in [0.05, 0.1) is 24.9 Å². The summed E-state index contributed by atoms with van der Waals surface area (Å²) < 4.78 is 19.2. The first kappa shape index (κ1) is 13.5. The molecule has 0 amide bonds. The molecule has 2 rings (SSSR count). The van der Waals surface area contributed by atoms with Crippen molar-refractivity contribution in [2.75, 3.05) is 12.8 Å². The minimum atomic E-state index is -0.627. The van der Waals surface area contributed by atoms with Crippen molar-refractivity contribution < 1.29 is 13.9 Å². The molecule has 6 nitrogen and oxygen atoms in total. The number of benzene rings is 1. The number of carbonyl (C=O) groups excluding carboxylic acids is 1. The van der Waals surface area contributed by atoms with Gasteiger partial charge in [-0.1, -0.05) is 6.07 Å². The molecule has 0 atom stereocenters. The maximum Gasteiger partial charge on any atom is 0.360 e. The van der Waals surface area contributed by atoms with Crippen LogP contribution in [-0.2, 0) is 11.3 Å². The summed E-state index contributed by atoms with van der Waals surface area (Å²) in [5.74, 6) is -1.20. The van der Waals surface area contributed by atoms with Gasteiger partial charge < -0.3 is 10.5 Å². The molecule has 0 radical (unpaired) electrons. The molecule has 102 valence electrons. The Bertz CT molecular complexity index is 703. The van der Waals surface area contributed by atoms with E-state index in [1.54, 1.807) is 6.07 Å². The lowest BCUT2D eigenvalue weighted by Crippen LogP contribution is -2.07. The maximum atomic E-state index is 13.2. The van der Waals surface area contributed by atoms with Crippen molar-refractivity contribution in [1.29, 1.82) is 5.26 Å². The molecule has 0 fully saturated rings. The highest BCUT2D eigenvalue weighted by molar-refractivity contribution is 5.92. The summed E-state index contributed by atoms with van der Waals surface area (Å²) in [5, 5.41) is 12.8. The first-order valence-electron chi connectivity index (χ1n) is 5.65. The lowest BCUT2D eigenvalue weighted by Gasteiger charge is -2.02. The van der Waals surface area contributed by atoms with Crippen molar-refractivity contribution >= 4 is 11.7 Å². The van der Waals surface area contributed by atoms with E-state index < -0.39 is 11.8 Å². The number of esters is 1. The molecule has 2 aromatic rings. The zero-order valence-electron chi connectivity index (χ0n) is 10.6. The van der Waals surface area contributed by atoms with E-state index in [4.69, 9.17) is 11.0 Å². The van der Waals surface area contributed by atoms with Gasteiger partial charge in [-0.25, -0.2) is 9.18 Å². The number of rotatable bonds is 3. The molecule has 0 spiro atoms. The van der Waals surface area contributed by atoms with Gasteiger partial charge in [0.1, 0.15) is 11.9 Å². The topological polar surface area (TPSA) is 93.9 Å². The monoisotopic (exact) mass is 274 g/mol. The van der Waals surface area contributed by atoms with E-state index in [2.05, 4.69) is 9.84 Å². The molecule has 0 unspecified atom stereocenters. The summed E-state index contributed by atoms with van der Waals surface area (Å²) >= 11 is 0. The highest BCUT2D eigenvalue weighted by Gasteiger charge is 2.15. The summed E-state index contributed by atoms with van der Waals surface area (Å²) in [4.78, 5) is 11.4. The first-order chi connectivity index (χ1) is 9.55. The third-order valence-corrected chi connectivity index (χ3v) is 2.66. The number of nitriles is 1. The fourth-order valence-corrected chi connectivity index (χ4v) is 1.72. The molecule has 1 aromatic heterocycles. The molecule has 1 heterocycles. The predicted octanol–water partition coefficient (Wildman–Crippen LogP) is 1.31. The van der Waals surface area contributed by atoms with Gasteiger partial charge in [-0.3, -0.25) is 4.68 Å². The highest BCUT2D eigenvalue weighted by atomic mass is 19.1. The SMILES string of the molecule is COC(=O)c1nn(Cc2ccc(F)c(C#N)c2)cc1N. The van der Waals surface area contributed by atoms with Crippen LogP contribution in [0.2, 0.25) is 0 Å². The molecule has 0 saturated heterocycles. The van der Waals surface area contributed by atoms with Crippen LogP contribution in [0.4, 0.5) is 10.1 Å². The summed E-state index contributed by atoms with van der Waals surface area (Å²) in [6, 6.07) is 5.93. The third-order valence-electron chi connectivity index (χ3n) is 2.66. The Morgan fingerprint density at radius 2 is 2.35 bits per heavy atom.